The smallest absolute Gasteiger partial charge is 0.209 e. The van der Waals surface area contributed by atoms with Crippen molar-refractivity contribution >= 4 is 23.4 Å². The summed E-state index contributed by atoms with van der Waals surface area (Å²) < 4.78 is 7.49. The van der Waals surface area contributed by atoms with E-state index in [1.54, 1.807) is 16.4 Å². The van der Waals surface area contributed by atoms with Gasteiger partial charge >= 0.3 is 0 Å². The fourth-order valence-corrected chi connectivity index (χ4v) is 3.49. The van der Waals surface area contributed by atoms with Crippen molar-refractivity contribution in [3.8, 4) is 5.75 Å². The Morgan fingerprint density at radius 3 is 2.74 bits per heavy atom. The second-order valence-corrected chi connectivity index (χ2v) is 7.47. The number of hydrogen-bond acceptors (Lipinski definition) is 6. The molecular weight excluding hydrogens is 382 g/mol. The van der Waals surface area contributed by atoms with Crippen molar-refractivity contribution in [3.63, 3.8) is 0 Å². The van der Waals surface area contributed by atoms with Gasteiger partial charge in [-0.1, -0.05) is 59.8 Å². The van der Waals surface area contributed by atoms with E-state index in [0.29, 0.717) is 17.4 Å². The van der Waals surface area contributed by atoms with Crippen molar-refractivity contribution in [2.45, 2.75) is 24.7 Å². The number of rotatable bonds is 10. The van der Waals surface area contributed by atoms with Gasteiger partial charge in [0.1, 0.15) is 12.4 Å². The van der Waals surface area contributed by atoms with Crippen LogP contribution in [0.1, 0.15) is 17.5 Å². The van der Waals surface area contributed by atoms with Gasteiger partial charge in [-0.05, 0) is 46.7 Å². The van der Waals surface area contributed by atoms with Gasteiger partial charge in [-0.2, -0.15) is 0 Å². The predicted molar refractivity (Wildman–Crippen MR) is 108 cm³/mol. The Labute approximate surface area is 168 Å². The summed E-state index contributed by atoms with van der Waals surface area (Å²) in [6.07, 6.45) is 1.03. The molecule has 0 saturated heterocycles. The molecule has 0 aliphatic heterocycles. The van der Waals surface area contributed by atoms with Crippen LogP contribution in [-0.4, -0.2) is 32.5 Å². The second kappa shape index (κ2) is 10.3. The van der Waals surface area contributed by atoms with Crippen LogP contribution in [-0.2, 0) is 20.2 Å². The van der Waals surface area contributed by atoms with Crippen LogP contribution in [0.4, 0.5) is 0 Å². The van der Waals surface area contributed by atoms with Crippen LogP contribution >= 0.6 is 23.4 Å². The summed E-state index contributed by atoms with van der Waals surface area (Å²) in [5.41, 5.74) is 2.26. The number of thioether (sulfide) groups is 1. The van der Waals surface area contributed by atoms with Crippen molar-refractivity contribution in [2.24, 2.45) is 7.05 Å². The van der Waals surface area contributed by atoms with Gasteiger partial charge in [0.25, 0.3) is 0 Å². The zero-order valence-corrected chi connectivity index (χ0v) is 16.7. The zero-order valence-electron chi connectivity index (χ0n) is 15.1. The molecule has 142 valence electrons. The van der Waals surface area contributed by atoms with E-state index in [-0.39, 0.29) is 0 Å². The van der Waals surface area contributed by atoms with Gasteiger partial charge in [-0.3, -0.25) is 0 Å². The number of nitrogens with one attached hydrogen (secondary N) is 1. The molecule has 0 amide bonds. The Morgan fingerprint density at radius 2 is 2.00 bits per heavy atom. The van der Waals surface area contributed by atoms with Gasteiger partial charge in [0, 0.05) is 19.3 Å². The molecule has 3 rings (SSSR count). The lowest BCUT2D eigenvalue weighted by atomic mass is 10.2. The van der Waals surface area contributed by atoms with Crippen molar-refractivity contribution in [3.05, 3.63) is 64.7 Å². The molecule has 2 aromatic carbocycles. The van der Waals surface area contributed by atoms with Crippen molar-refractivity contribution in [2.75, 3.05) is 12.3 Å². The zero-order chi connectivity index (χ0) is 18.9. The van der Waals surface area contributed by atoms with Crippen molar-refractivity contribution in [1.29, 1.82) is 0 Å². The molecule has 1 heterocycles. The Morgan fingerprint density at radius 1 is 1.15 bits per heavy atom. The molecule has 0 radical (unpaired) electrons. The van der Waals surface area contributed by atoms with Crippen molar-refractivity contribution in [1.82, 2.24) is 25.5 Å². The third-order valence-electron chi connectivity index (χ3n) is 3.87. The molecule has 1 N–H and O–H groups in total. The minimum Gasteiger partial charge on any atom is -0.487 e. The molecule has 3 aromatic rings. The van der Waals surface area contributed by atoms with Crippen molar-refractivity contribution < 1.29 is 4.74 Å². The SMILES string of the molecule is Cn1nnnc1SCCCNCc1ccc(OCc2ccccc2)c(Cl)c1. The number of hydrogen-bond donors (Lipinski definition) is 1. The first-order chi connectivity index (χ1) is 13.2. The monoisotopic (exact) mass is 403 g/mol. The first-order valence-corrected chi connectivity index (χ1v) is 10.1. The van der Waals surface area contributed by atoms with E-state index < -0.39 is 0 Å². The van der Waals surface area contributed by atoms with E-state index in [1.165, 1.54) is 0 Å². The number of benzene rings is 2. The van der Waals surface area contributed by atoms with Gasteiger partial charge in [-0.15, -0.1) is 5.10 Å². The van der Waals surface area contributed by atoms with E-state index in [1.807, 2.05) is 55.6 Å². The highest BCUT2D eigenvalue weighted by Gasteiger charge is 2.05. The standard InChI is InChI=1S/C19H22ClN5OS/c1-25-19(22-23-24-25)27-11-5-10-21-13-16-8-9-18(17(20)12-16)26-14-15-6-3-2-4-7-15/h2-4,6-9,12,21H,5,10-11,13-14H2,1H3. The van der Waals surface area contributed by atoms with Crippen LogP contribution in [0, 0.1) is 0 Å². The average Bonchev–Trinajstić information content (AvgIpc) is 3.09. The minimum atomic E-state index is 0.511. The van der Waals surface area contributed by atoms with Gasteiger partial charge < -0.3 is 10.1 Å². The summed E-state index contributed by atoms with van der Waals surface area (Å²) in [4.78, 5) is 0. The molecule has 1 aromatic heterocycles. The molecule has 0 aliphatic carbocycles. The number of tetrazole rings is 1. The average molecular weight is 404 g/mol. The number of nitrogens with zero attached hydrogens (tertiary/aromatic N) is 4. The normalized spacial score (nSPS) is 10.9. The van der Waals surface area contributed by atoms with E-state index in [0.717, 1.165) is 41.5 Å². The quantitative estimate of drug-likeness (QED) is 0.411. The van der Waals surface area contributed by atoms with Crippen LogP contribution in [0.3, 0.4) is 0 Å². The number of halogens is 1. The van der Waals surface area contributed by atoms with Crippen LogP contribution in [0.5, 0.6) is 5.75 Å². The summed E-state index contributed by atoms with van der Waals surface area (Å²) in [7, 11) is 1.84. The highest BCUT2D eigenvalue weighted by atomic mass is 35.5. The Balaban J connectivity index is 1.36. The Bertz CT molecular complexity index is 843. The van der Waals surface area contributed by atoms with Gasteiger partial charge in [0.05, 0.1) is 5.02 Å². The molecule has 0 saturated carbocycles. The fraction of sp³-hybridized carbons (Fsp3) is 0.316. The molecule has 8 heteroatoms. The summed E-state index contributed by atoms with van der Waals surface area (Å²) in [5.74, 6) is 1.67. The van der Waals surface area contributed by atoms with Gasteiger partial charge in [0.2, 0.25) is 5.16 Å². The van der Waals surface area contributed by atoms with Crippen LogP contribution in [0.25, 0.3) is 0 Å². The molecular formula is C19H22ClN5OS. The molecule has 6 nitrogen and oxygen atoms in total. The fourth-order valence-electron chi connectivity index (χ4n) is 2.44. The maximum Gasteiger partial charge on any atom is 0.209 e. The molecule has 0 bridgehead atoms. The van der Waals surface area contributed by atoms with E-state index in [9.17, 15) is 0 Å². The molecule has 0 fully saturated rings. The van der Waals surface area contributed by atoms with Gasteiger partial charge in [0.15, 0.2) is 0 Å². The molecule has 0 aliphatic rings. The largest absolute Gasteiger partial charge is 0.487 e. The van der Waals surface area contributed by atoms with Gasteiger partial charge in [-0.25, -0.2) is 4.68 Å². The molecule has 0 atom stereocenters. The lowest BCUT2D eigenvalue weighted by molar-refractivity contribution is 0.306. The molecule has 0 spiro atoms. The Kier molecular flexibility index (Phi) is 7.50. The second-order valence-electron chi connectivity index (χ2n) is 6.00. The maximum absolute atomic E-state index is 6.35. The third kappa shape index (κ3) is 6.23. The lowest BCUT2D eigenvalue weighted by Crippen LogP contribution is -2.15. The Hall–Kier alpha value is -2.09. The summed E-state index contributed by atoms with van der Waals surface area (Å²) in [6, 6.07) is 16.0. The topological polar surface area (TPSA) is 64.9 Å². The maximum atomic E-state index is 6.35. The number of aromatic nitrogens is 4. The number of ether oxygens (including phenoxy) is 1. The van der Waals surface area contributed by atoms with Crippen LogP contribution in [0.2, 0.25) is 5.02 Å². The highest BCUT2D eigenvalue weighted by Crippen LogP contribution is 2.26. The molecule has 0 unspecified atom stereocenters. The first-order valence-electron chi connectivity index (χ1n) is 8.73. The lowest BCUT2D eigenvalue weighted by Gasteiger charge is -2.10. The van der Waals surface area contributed by atoms with E-state index in [2.05, 4.69) is 20.8 Å². The highest BCUT2D eigenvalue weighted by molar-refractivity contribution is 7.99. The van der Waals surface area contributed by atoms with E-state index >= 15 is 0 Å². The predicted octanol–water partition coefficient (Wildman–Crippen LogP) is 3.71. The number of aryl methyl sites for hydroxylation is 1. The van der Waals surface area contributed by atoms with E-state index in [4.69, 9.17) is 16.3 Å². The molecule has 27 heavy (non-hydrogen) atoms. The van der Waals surface area contributed by atoms with Crippen LogP contribution < -0.4 is 10.1 Å². The summed E-state index contributed by atoms with van der Waals surface area (Å²) >= 11 is 8.01. The van der Waals surface area contributed by atoms with Crippen LogP contribution in [0.15, 0.2) is 53.7 Å². The summed E-state index contributed by atoms with van der Waals surface area (Å²) in [6.45, 7) is 2.20. The first kappa shape index (κ1) is 19.7. The third-order valence-corrected chi connectivity index (χ3v) is 5.27. The summed E-state index contributed by atoms with van der Waals surface area (Å²) in [5, 5.41) is 16.3. The minimum absolute atomic E-state index is 0.511.